The van der Waals surface area contributed by atoms with Gasteiger partial charge in [-0.1, -0.05) is 6.92 Å². The molecule has 0 bridgehead atoms. The Hall–Kier alpha value is 0.460. The van der Waals surface area contributed by atoms with Crippen LogP contribution in [0.1, 0.15) is 26.2 Å². The molecular weight excluding hydrogens is 238 g/mol. The summed E-state index contributed by atoms with van der Waals surface area (Å²) in [7, 11) is -0.575. The van der Waals surface area contributed by atoms with Crippen LogP contribution in [0.25, 0.3) is 0 Å². The first-order valence-electron chi connectivity index (χ1n) is 6.43. The fraction of sp³-hybridized carbons (Fsp3) is 1.00. The molecule has 16 heavy (non-hydrogen) atoms. The van der Waals surface area contributed by atoms with E-state index in [1.165, 1.54) is 30.9 Å². The van der Waals surface area contributed by atoms with Gasteiger partial charge in [0.15, 0.2) is 0 Å². The van der Waals surface area contributed by atoms with Gasteiger partial charge < -0.3 is 4.90 Å². The zero-order chi connectivity index (χ0) is 11.4. The molecule has 2 nitrogen and oxygen atoms in total. The van der Waals surface area contributed by atoms with E-state index >= 15 is 0 Å². The SMILES string of the molecule is CC1CCN(CC2CCSCC2)CCS1=O. The van der Waals surface area contributed by atoms with E-state index in [0.717, 1.165) is 31.2 Å². The molecule has 2 atom stereocenters. The van der Waals surface area contributed by atoms with E-state index in [0.29, 0.717) is 5.25 Å². The lowest BCUT2D eigenvalue weighted by atomic mass is 10.0. The molecule has 0 aromatic carbocycles. The maximum absolute atomic E-state index is 11.7. The maximum atomic E-state index is 11.7. The van der Waals surface area contributed by atoms with Gasteiger partial charge in [0, 0.05) is 34.9 Å². The zero-order valence-electron chi connectivity index (χ0n) is 10.2. The summed E-state index contributed by atoms with van der Waals surface area (Å²) in [5, 5.41) is 0.409. The van der Waals surface area contributed by atoms with E-state index in [1.807, 2.05) is 0 Å². The van der Waals surface area contributed by atoms with Crippen LogP contribution in [-0.2, 0) is 10.8 Å². The molecule has 0 aromatic heterocycles. The van der Waals surface area contributed by atoms with Crippen molar-refractivity contribution in [3.05, 3.63) is 0 Å². The molecule has 2 unspecified atom stereocenters. The fourth-order valence-corrected chi connectivity index (χ4v) is 4.92. The number of hydrogen-bond acceptors (Lipinski definition) is 3. The summed E-state index contributed by atoms with van der Waals surface area (Å²) in [5.41, 5.74) is 0. The number of rotatable bonds is 2. The van der Waals surface area contributed by atoms with Crippen LogP contribution in [0.2, 0.25) is 0 Å². The Bertz CT molecular complexity index is 241. The minimum Gasteiger partial charge on any atom is -0.302 e. The average molecular weight is 261 g/mol. The maximum Gasteiger partial charge on any atom is 0.0365 e. The van der Waals surface area contributed by atoms with Crippen molar-refractivity contribution in [3.63, 3.8) is 0 Å². The molecule has 0 spiro atoms. The highest BCUT2D eigenvalue weighted by molar-refractivity contribution is 7.99. The molecule has 2 saturated heterocycles. The van der Waals surface area contributed by atoms with Crippen LogP contribution < -0.4 is 0 Å². The first-order valence-corrected chi connectivity index (χ1v) is 8.96. The lowest BCUT2D eigenvalue weighted by Crippen LogP contribution is -2.33. The van der Waals surface area contributed by atoms with Gasteiger partial charge in [-0.25, -0.2) is 0 Å². The summed E-state index contributed by atoms with van der Waals surface area (Å²) in [6.07, 6.45) is 3.90. The van der Waals surface area contributed by atoms with Gasteiger partial charge >= 0.3 is 0 Å². The van der Waals surface area contributed by atoms with Crippen LogP contribution in [0, 0.1) is 5.92 Å². The third-order valence-electron chi connectivity index (χ3n) is 3.77. The third kappa shape index (κ3) is 3.74. The van der Waals surface area contributed by atoms with E-state index in [4.69, 9.17) is 0 Å². The van der Waals surface area contributed by atoms with Crippen molar-refractivity contribution in [3.8, 4) is 0 Å². The van der Waals surface area contributed by atoms with Crippen LogP contribution in [0.5, 0.6) is 0 Å². The molecule has 0 saturated carbocycles. The van der Waals surface area contributed by atoms with Crippen molar-refractivity contribution in [1.82, 2.24) is 4.90 Å². The van der Waals surface area contributed by atoms with Gasteiger partial charge in [-0.3, -0.25) is 4.21 Å². The Kier molecular flexibility index (Phi) is 5.17. The van der Waals surface area contributed by atoms with Crippen molar-refractivity contribution in [2.45, 2.75) is 31.4 Å². The Morgan fingerprint density at radius 2 is 2.00 bits per heavy atom. The summed E-state index contributed by atoms with van der Waals surface area (Å²) in [6.45, 7) is 5.61. The topological polar surface area (TPSA) is 20.3 Å². The van der Waals surface area contributed by atoms with E-state index in [9.17, 15) is 4.21 Å². The van der Waals surface area contributed by atoms with Crippen LogP contribution in [0.3, 0.4) is 0 Å². The summed E-state index contributed by atoms with van der Waals surface area (Å²) in [4.78, 5) is 2.56. The molecule has 2 heterocycles. The minimum absolute atomic E-state index is 0.409. The van der Waals surface area contributed by atoms with Gasteiger partial charge in [0.05, 0.1) is 0 Å². The lowest BCUT2D eigenvalue weighted by Gasteiger charge is -2.28. The third-order valence-corrected chi connectivity index (χ3v) is 6.53. The van der Waals surface area contributed by atoms with Crippen LogP contribution in [-0.4, -0.2) is 51.3 Å². The molecule has 2 fully saturated rings. The monoisotopic (exact) mass is 261 g/mol. The molecule has 0 N–H and O–H groups in total. The second-order valence-corrected chi connectivity index (χ2v) is 8.24. The molecular formula is C12H23NOS2. The molecule has 0 amide bonds. The Balaban J connectivity index is 1.78. The summed E-state index contributed by atoms with van der Waals surface area (Å²) < 4.78 is 11.7. The van der Waals surface area contributed by atoms with Gasteiger partial charge in [-0.05, 0) is 43.2 Å². The standard InChI is InChI=1S/C12H23NOS2/c1-11-2-5-13(6-9-16(11)14)10-12-3-7-15-8-4-12/h11-12H,2-10H2,1H3. The molecule has 0 aromatic rings. The number of thioether (sulfide) groups is 1. The van der Waals surface area contributed by atoms with Crippen LogP contribution in [0.15, 0.2) is 0 Å². The van der Waals surface area contributed by atoms with Crippen molar-refractivity contribution in [1.29, 1.82) is 0 Å². The molecule has 2 aliphatic heterocycles. The van der Waals surface area contributed by atoms with Crippen LogP contribution in [0.4, 0.5) is 0 Å². The average Bonchev–Trinajstić information content (AvgIpc) is 2.46. The van der Waals surface area contributed by atoms with E-state index in [1.54, 1.807) is 0 Å². The minimum atomic E-state index is -0.575. The lowest BCUT2D eigenvalue weighted by molar-refractivity contribution is 0.236. The highest BCUT2D eigenvalue weighted by atomic mass is 32.2. The first kappa shape index (κ1) is 12.9. The fourth-order valence-electron chi connectivity index (χ4n) is 2.50. The highest BCUT2D eigenvalue weighted by Gasteiger charge is 2.22. The number of nitrogens with zero attached hydrogens (tertiary/aromatic N) is 1. The van der Waals surface area contributed by atoms with E-state index in [2.05, 4.69) is 23.6 Å². The van der Waals surface area contributed by atoms with Crippen molar-refractivity contribution < 1.29 is 4.21 Å². The van der Waals surface area contributed by atoms with Gasteiger partial charge in [0.2, 0.25) is 0 Å². The molecule has 0 aliphatic carbocycles. The van der Waals surface area contributed by atoms with Gasteiger partial charge in [-0.2, -0.15) is 11.8 Å². The molecule has 2 rings (SSSR count). The largest absolute Gasteiger partial charge is 0.302 e. The molecule has 2 aliphatic rings. The zero-order valence-corrected chi connectivity index (χ0v) is 11.8. The Morgan fingerprint density at radius 1 is 1.25 bits per heavy atom. The second kappa shape index (κ2) is 6.41. The quantitative estimate of drug-likeness (QED) is 0.758. The van der Waals surface area contributed by atoms with Gasteiger partial charge in [0.1, 0.15) is 0 Å². The van der Waals surface area contributed by atoms with E-state index < -0.39 is 10.8 Å². The predicted molar refractivity (Wildman–Crippen MR) is 73.6 cm³/mol. The first-order chi connectivity index (χ1) is 7.75. The Morgan fingerprint density at radius 3 is 2.75 bits per heavy atom. The van der Waals surface area contributed by atoms with Gasteiger partial charge in [-0.15, -0.1) is 0 Å². The summed E-state index contributed by atoms with van der Waals surface area (Å²) in [6, 6.07) is 0. The Labute approximate surface area is 106 Å². The van der Waals surface area contributed by atoms with Crippen LogP contribution >= 0.6 is 11.8 Å². The second-order valence-electron chi connectivity index (χ2n) is 5.04. The number of hydrogen-bond donors (Lipinski definition) is 0. The van der Waals surface area contributed by atoms with E-state index in [-0.39, 0.29) is 0 Å². The molecule has 94 valence electrons. The smallest absolute Gasteiger partial charge is 0.0365 e. The summed E-state index contributed by atoms with van der Waals surface area (Å²) >= 11 is 2.10. The van der Waals surface area contributed by atoms with Crippen molar-refractivity contribution >= 4 is 22.6 Å². The summed E-state index contributed by atoms with van der Waals surface area (Å²) in [5.74, 6) is 4.49. The highest BCUT2D eigenvalue weighted by Crippen LogP contribution is 2.24. The molecule has 4 heteroatoms. The normalized spacial score (nSPS) is 34.8. The van der Waals surface area contributed by atoms with Crippen molar-refractivity contribution in [2.75, 3.05) is 36.9 Å². The predicted octanol–water partition coefficient (Wildman–Crippen LogP) is 1.97. The van der Waals surface area contributed by atoms with Crippen molar-refractivity contribution in [2.24, 2.45) is 5.92 Å². The molecule has 0 radical (unpaired) electrons. The van der Waals surface area contributed by atoms with Gasteiger partial charge in [0.25, 0.3) is 0 Å².